The molecule has 0 aromatic carbocycles. The number of ether oxygens (including phenoxy) is 1. The zero-order valence-corrected chi connectivity index (χ0v) is 10.9. The fourth-order valence-corrected chi connectivity index (χ4v) is 2.05. The first kappa shape index (κ1) is 12.6. The monoisotopic (exact) mass is 240 g/mol. The number of nitrogens with two attached hydrogens (primary N) is 1. The Balaban J connectivity index is 1.96. The number of aliphatic imine (C=N–C) groups is 1. The van der Waals surface area contributed by atoms with Crippen molar-refractivity contribution in [1.29, 1.82) is 0 Å². The predicted molar refractivity (Wildman–Crippen MR) is 68.5 cm³/mol. The van der Waals surface area contributed by atoms with Crippen LogP contribution in [0.15, 0.2) is 4.99 Å². The van der Waals surface area contributed by atoms with Gasteiger partial charge in [0.1, 0.15) is 0 Å². The van der Waals surface area contributed by atoms with Crippen LogP contribution >= 0.6 is 0 Å². The molecular formula is C12H24N4O. The van der Waals surface area contributed by atoms with E-state index in [0.717, 1.165) is 18.4 Å². The second-order valence-electron chi connectivity index (χ2n) is 5.23. The maximum Gasteiger partial charge on any atom is 0.209 e. The lowest BCUT2D eigenvalue weighted by Crippen LogP contribution is -2.47. The van der Waals surface area contributed by atoms with E-state index in [-0.39, 0.29) is 6.04 Å². The van der Waals surface area contributed by atoms with E-state index < -0.39 is 0 Å². The number of hydrogen-bond donors (Lipinski definition) is 2. The number of hydrazine groups is 1. The van der Waals surface area contributed by atoms with Crippen LogP contribution in [0.4, 0.5) is 0 Å². The number of hydrogen-bond acceptors (Lipinski definition) is 3. The number of nitrogens with one attached hydrogen (secondary N) is 1. The molecule has 0 radical (unpaired) electrons. The van der Waals surface area contributed by atoms with Crippen LogP contribution in [-0.2, 0) is 4.74 Å². The molecule has 17 heavy (non-hydrogen) atoms. The van der Waals surface area contributed by atoms with Crippen LogP contribution in [0.3, 0.4) is 0 Å². The fourth-order valence-electron chi connectivity index (χ4n) is 2.05. The standard InChI is InChI=1S/C12H24N4O/c1-9(8-17-2)14-12(15-13)16(11-5-6-11)7-10-3-4-10/h9-11H,3-8,13H2,1-2H3,(H,14,15). The third-order valence-corrected chi connectivity index (χ3v) is 3.29. The van der Waals surface area contributed by atoms with Gasteiger partial charge in [0.2, 0.25) is 5.96 Å². The van der Waals surface area contributed by atoms with Crippen molar-refractivity contribution in [2.24, 2.45) is 16.8 Å². The van der Waals surface area contributed by atoms with Gasteiger partial charge in [0.15, 0.2) is 0 Å². The van der Waals surface area contributed by atoms with E-state index in [1.54, 1.807) is 7.11 Å². The Labute approximate surface area is 103 Å². The second kappa shape index (κ2) is 5.69. The van der Waals surface area contributed by atoms with Crippen molar-refractivity contribution in [2.45, 2.75) is 44.7 Å². The molecule has 0 aliphatic heterocycles. The van der Waals surface area contributed by atoms with Crippen LogP contribution in [0.5, 0.6) is 0 Å². The normalized spacial score (nSPS) is 22.4. The average molecular weight is 240 g/mol. The van der Waals surface area contributed by atoms with Crippen molar-refractivity contribution in [3.63, 3.8) is 0 Å². The van der Waals surface area contributed by atoms with Gasteiger partial charge in [0, 0.05) is 19.7 Å². The molecule has 0 aromatic heterocycles. The first-order valence-electron chi connectivity index (χ1n) is 6.54. The maximum absolute atomic E-state index is 5.62. The summed E-state index contributed by atoms with van der Waals surface area (Å²) in [5.41, 5.74) is 2.77. The Hall–Kier alpha value is -0.810. The fraction of sp³-hybridized carbons (Fsp3) is 0.917. The molecule has 2 fully saturated rings. The van der Waals surface area contributed by atoms with E-state index >= 15 is 0 Å². The topological polar surface area (TPSA) is 62.9 Å². The third-order valence-electron chi connectivity index (χ3n) is 3.29. The van der Waals surface area contributed by atoms with Gasteiger partial charge in [0.05, 0.1) is 12.6 Å². The van der Waals surface area contributed by atoms with Crippen molar-refractivity contribution >= 4 is 5.96 Å². The lowest BCUT2D eigenvalue weighted by atomic mass is 10.3. The minimum Gasteiger partial charge on any atom is -0.382 e. The van der Waals surface area contributed by atoms with E-state index in [1.165, 1.54) is 25.7 Å². The highest BCUT2D eigenvalue weighted by atomic mass is 16.5. The molecule has 2 aliphatic rings. The highest BCUT2D eigenvalue weighted by molar-refractivity contribution is 5.80. The van der Waals surface area contributed by atoms with E-state index in [4.69, 9.17) is 10.6 Å². The number of rotatable bonds is 6. The molecule has 1 atom stereocenters. The molecular weight excluding hydrogens is 216 g/mol. The van der Waals surface area contributed by atoms with Gasteiger partial charge in [-0.25, -0.2) is 10.8 Å². The van der Waals surface area contributed by atoms with Crippen LogP contribution in [0.2, 0.25) is 0 Å². The summed E-state index contributed by atoms with van der Waals surface area (Å²) in [4.78, 5) is 6.96. The van der Waals surface area contributed by atoms with E-state index in [0.29, 0.717) is 12.6 Å². The lowest BCUT2D eigenvalue weighted by Gasteiger charge is -2.26. The van der Waals surface area contributed by atoms with Crippen LogP contribution in [0.25, 0.3) is 0 Å². The Morgan fingerprint density at radius 3 is 2.65 bits per heavy atom. The summed E-state index contributed by atoms with van der Waals surface area (Å²) in [7, 11) is 1.70. The summed E-state index contributed by atoms with van der Waals surface area (Å²) in [6.45, 7) is 3.78. The molecule has 5 nitrogen and oxygen atoms in total. The predicted octanol–water partition coefficient (Wildman–Crippen LogP) is 0.715. The van der Waals surface area contributed by atoms with Crippen LogP contribution in [0, 0.1) is 5.92 Å². The summed E-state index contributed by atoms with van der Waals surface area (Å²) in [5.74, 6) is 7.31. The smallest absolute Gasteiger partial charge is 0.209 e. The first-order valence-corrected chi connectivity index (χ1v) is 6.54. The minimum atomic E-state index is 0.145. The number of guanidine groups is 1. The molecule has 1 unspecified atom stereocenters. The largest absolute Gasteiger partial charge is 0.382 e. The first-order chi connectivity index (χ1) is 8.24. The van der Waals surface area contributed by atoms with E-state index in [1.807, 2.05) is 6.92 Å². The number of methoxy groups -OCH3 is 1. The van der Waals surface area contributed by atoms with Gasteiger partial charge in [0.25, 0.3) is 0 Å². The summed E-state index contributed by atoms with van der Waals surface area (Å²) in [6.07, 6.45) is 5.25. The Kier molecular flexibility index (Phi) is 4.23. The van der Waals surface area contributed by atoms with Gasteiger partial charge in [-0.2, -0.15) is 0 Å². The highest BCUT2D eigenvalue weighted by Crippen LogP contribution is 2.34. The molecule has 2 saturated carbocycles. The molecule has 0 bridgehead atoms. The Morgan fingerprint density at radius 1 is 1.47 bits per heavy atom. The average Bonchev–Trinajstić information content (AvgIpc) is 3.16. The van der Waals surface area contributed by atoms with Crippen LogP contribution < -0.4 is 11.3 Å². The zero-order chi connectivity index (χ0) is 12.3. The summed E-state index contributed by atoms with van der Waals surface area (Å²) in [6, 6.07) is 0.798. The van der Waals surface area contributed by atoms with Crippen molar-refractivity contribution in [3.05, 3.63) is 0 Å². The Bertz CT molecular complexity index is 274. The Morgan fingerprint density at radius 2 is 2.18 bits per heavy atom. The SMILES string of the molecule is COCC(C)N=C(NN)N(CC1CC1)C1CC1. The van der Waals surface area contributed by atoms with E-state index in [2.05, 4.69) is 15.3 Å². The van der Waals surface area contributed by atoms with Gasteiger partial charge in [-0.15, -0.1) is 0 Å². The molecule has 2 aliphatic carbocycles. The molecule has 98 valence electrons. The molecule has 0 spiro atoms. The molecule has 0 heterocycles. The molecule has 0 aromatic rings. The van der Waals surface area contributed by atoms with Gasteiger partial charge < -0.3 is 9.64 Å². The van der Waals surface area contributed by atoms with Crippen LogP contribution in [0.1, 0.15) is 32.6 Å². The number of nitrogens with zero attached hydrogens (tertiary/aromatic N) is 2. The maximum atomic E-state index is 5.62. The zero-order valence-electron chi connectivity index (χ0n) is 10.9. The van der Waals surface area contributed by atoms with Crippen molar-refractivity contribution in [3.8, 4) is 0 Å². The molecule has 3 N–H and O–H groups in total. The van der Waals surface area contributed by atoms with Crippen molar-refractivity contribution in [1.82, 2.24) is 10.3 Å². The minimum absolute atomic E-state index is 0.145. The summed E-state index contributed by atoms with van der Waals surface area (Å²) >= 11 is 0. The quantitative estimate of drug-likeness (QED) is 0.311. The van der Waals surface area contributed by atoms with E-state index in [9.17, 15) is 0 Å². The molecule has 5 heteroatoms. The molecule has 0 saturated heterocycles. The van der Waals surface area contributed by atoms with Crippen molar-refractivity contribution in [2.75, 3.05) is 20.3 Å². The summed E-state index contributed by atoms with van der Waals surface area (Å²) in [5, 5.41) is 0. The van der Waals surface area contributed by atoms with Gasteiger partial charge in [-0.1, -0.05) is 0 Å². The van der Waals surface area contributed by atoms with Gasteiger partial charge in [-0.05, 0) is 38.5 Å². The summed E-state index contributed by atoms with van der Waals surface area (Å²) < 4.78 is 5.10. The third kappa shape index (κ3) is 3.85. The molecule has 0 amide bonds. The molecule has 2 rings (SSSR count). The van der Waals surface area contributed by atoms with Gasteiger partial charge in [-0.3, -0.25) is 5.43 Å². The van der Waals surface area contributed by atoms with Crippen LogP contribution in [-0.4, -0.2) is 43.2 Å². The van der Waals surface area contributed by atoms with Crippen molar-refractivity contribution < 1.29 is 4.74 Å². The van der Waals surface area contributed by atoms with Gasteiger partial charge >= 0.3 is 0 Å². The highest BCUT2D eigenvalue weighted by Gasteiger charge is 2.35. The second-order valence-corrected chi connectivity index (χ2v) is 5.23. The lowest BCUT2D eigenvalue weighted by molar-refractivity contribution is 0.185.